The summed E-state index contributed by atoms with van der Waals surface area (Å²) < 4.78 is 257. The molecule has 3 unspecified atom stereocenters. The van der Waals surface area contributed by atoms with E-state index < -0.39 is 64.9 Å². The van der Waals surface area contributed by atoms with E-state index in [-0.39, 0.29) is 0 Å². The normalized spacial score (nSPS) is 40.7. The molecule has 30 heavy (non-hydrogen) atoms. The zero-order valence-corrected chi connectivity index (χ0v) is 12.8. The topological polar surface area (TPSA) is 0 Å². The molecule has 3 atom stereocenters. The third kappa shape index (κ3) is 1.84. The predicted molar refractivity (Wildman–Crippen MR) is 51.6 cm³/mol. The van der Waals surface area contributed by atoms with E-state index in [9.17, 15) is 83.4 Å². The summed E-state index contributed by atoms with van der Waals surface area (Å²) in [7, 11) is 0. The van der Waals surface area contributed by atoms with Gasteiger partial charge in [-0.05, 0) is 0 Å². The van der Waals surface area contributed by atoms with Crippen LogP contribution in [0.25, 0.3) is 0 Å². The lowest BCUT2D eigenvalue weighted by Crippen LogP contribution is -2.96. The summed E-state index contributed by atoms with van der Waals surface area (Å²) in [4.78, 5) is 0. The Morgan fingerprint density at radius 2 is 0.800 bits per heavy atom. The van der Waals surface area contributed by atoms with Gasteiger partial charge < -0.3 is 0 Å². The maximum atomic E-state index is 14.2. The first kappa shape index (κ1) is 24.9. The van der Waals surface area contributed by atoms with Gasteiger partial charge >= 0.3 is 53.6 Å². The van der Waals surface area contributed by atoms with E-state index in [0.717, 1.165) is 0 Å². The van der Waals surface area contributed by atoms with Crippen molar-refractivity contribution in [3.05, 3.63) is 0 Å². The molecule has 2 aliphatic carbocycles. The number of hydrogen-bond acceptors (Lipinski definition) is 0. The Kier molecular flexibility index (Phi) is 4.30. The number of fused-ring (bicyclic) bond motifs is 2. The van der Waals surface area contributed by atoms with E-state index in [2.05, 4.69) is 0 Å². The van der Waals surface area contributed by atoms with Gasteiger partial charge in [-0.1, -0.05) is 0 Å². The van der Waals surface area contributed by atoms with Gasteiger partial charge in [0.05, 0.1) is 0 Å². The molecule has 0 heterocycles. The van der Waals surface area contributed by atoms with Gasteiger partial charge in [-0.15, -0.1) is 0 Å². The second kappa shape index (κ2) is 5.17. The number of alkyl halides is 19. The lowest BCUT2D eigenvalue weighted by atomic mass is 9.46. The Bertz CT molecular complexity index is 739. The summed E-state index contributed by atoms with van der Waals surface area (Å²) in [5.41, 5.74) is -17.0. The van der Waals surface area contributed by atoms with E-state index >= 15 is 0 Å². The van der Waals surface area contributed by atoms with Crippen molar-refractivity contribution < 1.29 is 83.4 Å². The molecule has 0 aromatic rings. The molecule has 2 aliphatic rings. The SMILES string of the molecule is FC(F)(F)C1C(F)(F)C(F)(F)C2(F)C(F)(F)C(F)(F)C(F)(F)C1(C(F)(F)F)C2(F)F. The smallest absolute Gasteiger partial charge is 0.223 e. The minimum atomic E-state index is -8.58. The molecule has 2 bridgehead atoms. The zero-order chi connectivity index (χ0) is 24.6. The van der Waals surface area contributed by atoms with Gasteiger partial charge in [-0.2, -0.15) is 70.2 Å². The first-order chi connectivity index (χ1) is 12.6. The van der Waals surface area contributed by atoms with Crippen LogP contribution in [0.3, 0.4) is 0 Å². The first-order valence-corrected chi connectivity index (χ1v) is 6.71. The van der Waals surface area contributed by atoms with Crippen LogP contribution in [0.5, 0.6) is 0 Å². The van der Waals surface area contributed by atoms with Crippen LogP contribution in [0.1, 0.15) is 0 Å². The molecule has 19 heteroatoms. The van der Waals surface area contributed by atoms with Gasteiger partial charge in [0, 0.05) is 0 Å². The van der Waals surface area contributed by atoms with Crippen LogP contribution in [-0.2, 0) is 0 Å². The summed E-state index contributed by atoms with van der Waals surface area (Å²) in [6, 6.07) is 0. The molecule has 0 radical (unpaired) electrons. The highest BCUT2D eigenvalue weighted by molar-refractivity contribution is 5.40. The zero-order valence-electron chi connectivity index (χ0n) is 12.8. The van der Waals surface area contributed by atoms with Gasteiger partial charge in [0.2, 0.25) is 5.41 Å². The molecule has 0 spiro atoms. The van der Waals surface area contributed by atoms with Crippen molar-refractivity contribution in [2.45, 2.75) is 53.6 Å². The molecule has 178 valence electrons. The van der Waals surface area contributed by atoms with Gasteiger partial charge in [0.1, 0.15) is 0 Å². The van der Waals surface area contributed by atoms with Crippen LogP contribution in [0.4, 0.5) is 83.4 Å². The quantitative estimate of drug-likeness (QED) is 0.349. The summed E-state index contributed by atoms with van der Waals surface area (Å²) in [5, 5.41) is 0. The molecule has 0 aliphatic heterocycles. The van der Waals surface area contributed by atoms with Crippen LogP contribution in [0, 0.1) is 11.3 Å². The molecule has 2 fully saturated rings. The molecule has 0 N–H and O–H groups in total. The summed E-state index contributed by atoms with van der Waals surface area (Å²) >= 11 is 0. The molecule has 0 amide bonds. The maximum Gasteiger partial charge on any atom is 0.407 e. The van der Waals surface area contributed by atoms with Crippen molar-refractivity contribution in [1.29, 1.82) is 0 Å². The number of halogens is 19. The molecule has 0 aromatic heterocycles. The average molecular weight is 494 g/mol. The highest BCUT2D eigenvalue weighted by Crippen LogP contribution is 2.85. The largest absolute Gasteiger partial charge is 0.407 e. The Morgan fingerprint density at radius 1 is 0.433 bits per heavy atom. The summed E-state index contributed by atoms with van der Waals surface area (Å²) in [6.07, 6.45) is -16.4. The number of hydrogen-bond donors (Lipinski definition) is 0. The van der Waals surface area contributed by atoms with Gasteiger partial charge in [0.15, 0.2) is 5.92 Å². The molecule has 2 rings (SSSR count). The van der Waals surface area contributed by atoms with Crippen molar-refractivity contribution in [3.63, 3.8) is 0 Å². The van der Waals surface area contributed by atoms with Gasteiger partial charge in [0.25, 0.3) is 0 Å². The van der Waals surface area contributed by atoms with E-state index in [1.165, 1.54) is 0 Å². The fraction of sp³-hybridized carbons (Fsp3) is 1.00. The predicted octanol–water partition coefficient (Wildman–Crippen LogP) is 6.26. The van der Waals surface area contributed by atoms with E-state index in [1.54, 1.807) is 0 Å². The maximum absolute atomic E-state index is 14.2. The first-order valence-electron chi connectivity index (χ1n) is 6.71. The lowest BCUT2D eigenvalue weighted by molar-refractivity contribution is -0.583. The second-order valence-electron chi connectivity index (χ2n) is 6.43. The fourth-order valence-corrected chi connectivity index (χ4v) is 3.74. The van der Waals surface area contributed by atoms with Crippen molar-refractivity contribution >= 4 is 0 Å². The highest BCUT2D eigenvalue weighted by Gasteiger charge is 3.14. The molecule has 0 aromatic carbocycles. The van der Waals surface area contributed by atoms with Crippen LogP contribution >= 0.6 is 0 Å². The van der Waals surface area contributed by atoms with Crippen molar-refractivity contribution in [2.75, 3.05) is 0 Å². The Morgan fingerprint density at radius 3 is 1.10 bits per heavy atom. The number of rotatable bonds is 0. The van der Waals surface area contributed by atoms with E-state index in [1.807, 2.05) is 0 Å². The second-order valence-corrected chi connectivity index (χ2v) is 6.43. The minimum absolute atomic E-state index is 7.18. The van der Waals surface area contributed by atoms with Gasteiger partial charge in [-0.3, -0.25) is 0 Å². The van der Waals surface area contributed by atoms with Crippen LogP contribution < -0.4 is 0 Å². The summed E-state index contributed by atoms with van der Waals surface area (Å²) in [5.74, 6) is -57.6. The Balaban J connectivity index is 3.38. The van der Waals surface area contributed by atoms with E-state index in [4.69, 9.17) is 0 Å². The standard InChI is InChI=1S/C11HF19/c12-3(13)1(4(14,15)16)2(11(28,29)30)6(18,19)5(17,8(3,22)23)9(24,25)10(26,27)7(2,20)21/h1H. The molecule has 0 saturated heterocycles. The lowest BCUT2D eigenvalue weighted by Gasteiger charge is -2.66. The molecular weight excluding hydrogens is 493 g/mol. The molecular formula is C11HF19. The molecule has 2 saturated carbocycles. The molecule has 0 nitrogen and oxygen atoms in total. The van der Waals surface area contributed by atoms with Crippen LogP contribution in [0.15, 0.2) is 0 Å². The monoisotopic (exact) mass is 494 g/mol. The third-order valence-corrected chi connectivity index (χ3v) is 5.07. The Hall–Kier alpha value is -1.33. The Labute approximate surface area is 150 Å². The third-order valence-electron chi connectivity index (χ3n) is 5.07. The van der Waals surface area contributed by atoms with Gasteiger partial charge in [-0.25, -0.2) is 13.2 Å². The van der Waals surface area contributed by atoms with E-state index in [0.29, 0.717) is 0 Å². The average Bonchev–Trinajstić information content (AvgIpc) is 2.44. The fourth-order valence-electron chi connectivity index (χ4n) is 3.74. The van der Waals surface area contributed by atoms with Crippen molar-refractivity contribution in [2.24, 2.45) is 11.3 Å². The highest BCUT2D eigenvalue weighted by atomic mass is 19.4. The minimum Gasteiger partial charge on any atom is -0.223 e. The van der Waals surface area contributed by atoms with Crippen molar-refractivity contribution in [3.8, 4) is 0 Å². The summed E-state index contributed by atoms with van der Waals surface area (Å²) in [6.45, 7) is 0. The van der Waals surface area contributed by atoms with Crippen LogP contribution in [-0.4, -0.2) is 53.6 Å². The van der Waals surface area contributed by atoms with Crippen LogP contribution in [0.2, 0.25) is 0 Å². The van der Waals surface area contributed by atoms with Crippen molar-refractivity contribution in [1.82, 2.24) is 0 Å².